The molecule has 1 aliphatic rings. The van der Waals surface area contributed by atoms with Crippen molar-refractivity contribution in [3.63, 3.8) is 0 Å². The molecular formula is C21H25N5O. The molecule has 3 heterocycles. The Kier molecular flexibility index (Phi) is 4.42. The molecule has 6 nitrogen and oxygen atoms in total. The third-order valence-corrected chi connectivity index (χ3v) is 5.54. The molecule has 1 amide bonds. The number of fused-ring (bicyclic) bond motifs is 1. The van der Waals surface area contributed by atoms with Crippen LogP contribution < -0.4 is 0 Å². The van der Waals surface area contributed by atoms with E-state index < -0.39 is 0 Å². The van der Waals surface area contributed by atoms with E-state index in [1.807, 2.05) is 17.0 Å². The second-order valence-electron chi connectivity index (χ2n) is 7.95. The largest absolute Gasteiger partial charge is 0.336 e. The van der Waals surface area contributed by atoms with Gasteiger partial charge in [-0.2, -0.15) is 10.1 Å². The van der Waals surface area contributed by atoms with Gasteiger partial charge in [0.2, 0.25) is 0 Å². The van der Waals surface area contributed by atoms with Gasteiger partial charge >= 0.3 is 0 Å². The molecule has 0 radical (unpaired) electrons. The number of likely N-dealkylation sites (tertiary alicyclic amines) is 1. The van der Waals surface area contributed by atoms with E-state index in [1.165, 1.54) is 11.9 Å². The van der Waals surface area contributed by atoms with Crippen molar-refractivity contribution in [1.29, 1.82) is 0 Å². The van der Waals surface area contributed by atoms with Crippen molar-refractivity contribution < 1.29 is 4.79 Å². The first-order chi connectivity index (χ1) is 13.0. The Labute approximate surface area is 159 Å². The van der Waals surface area contributed by atoms with Crippen LogP contribution in [0, 0.1) is 0 Å². The number of nitrogens with zero attached hydrogens (tertiary/aromatic N) is 5. The predicted octanol–water partition coefficient (Wildman–Crippen LogP) is 3.44. The maximum absolute atomic E-state index is 13.3. The van der Waals surface area contributed by atoms with Crippen molar-refractivity contribution in [3.8, 4) is 0 Å². The zero-order valence-corrected chi connectivity index (χ0v) is 16.1. The highest BCUT2D eigenvalue weighted by Crippen LogP contribution is 2.34. The van der Waals surface area contributed by atoms with Crippen LogP contribution in [0.3, 0.4) is 0 Å². The zero-order chi connectivity index (χ0) is 19.0. The Hall–Kier alpha value is -2.76. The van der Waals surface area contributed by atoms with Crippen LogP contribution in [0.25, 0.3) is 5.78 Å². The zero-order valence-electron chi connectivity index (χ0n) is 16.1. The number of benzene rings is 1. The van der Waals surface area contributed by atoms with Gasteiger partial charge < -0.3 is 4.90 Å². The Morgan fingerprint density at radius 3 is 2.74 bits per heavy atom. The minimum atomic E-state index is -0.0327. The van der Waals surface area contributed by atoms with Gasteiger partial charge in [-0.15, -0.1) is 0 Å². The highest BCUT2D eigenvalue weighted by Gasteiger charge is 2.35. The molecule has 0 aliphatic carbocycles. The van der Waals surface area contributed by atoms with Crippen LogP contribution >= 0.6 is 0 Å². The first-order valence-electron chi connectivity index (χ1n) is 9.53. The van der Waals surface area contributed by atoms with Gasteiger partial charge in [0.15, 0.2) is 0 Å². The van der Waals surface area contributed by atoms with Gasteiger partial charge in [0.05, 0.1) is 5.69 Å². The van der Waals surface area contributed by atoms with Crippen LogP contribution in [0.1, 0.15) is 61.3 Å². The molecule has 3 aromatic rings. The van der Waals surface area contributed by atoms with Crippen LogP contribution in [0.2, 0.25) is 0 Å². The Balaban J connectivity index is 1.66. The average Bonchev–Trinajstić information content (AvgIpc) is 3.16. The molecule has 0 unspecified atom stereocenters. The maximum Gasteiger partial charge on any atom is 0.272 e. The van der Waals surface area contributed by atoms with Crippen molar-refractivity contribution >= 4 is 11.7 Å². The third-order valence-electron chi connectivity index (χ3n) is 5.54. The maximum atomic E-state index is 13.3. The van der Waals surface area contributed by atoms with Crippen molar-refractivity contribution in [3.05, 3.63) is 59.7 Å². The molecule has 1 aliphatic heterocycles. The highest BCUT2D eigenvalue weighted by atomic mass is 16.2. The number of carbonyl (C=O) groups is 1. The summed E-state index contributed by atoms with van der Waals surface area (Å²) in [6.07, 6.45) is 3.55. The van der Waals surface area contributed by atoms with Crippen molar-refractivity contribution in [2.24, 2.45) is 0 Å². The van der Waals surface area contributed by atoms with Gasteiger partial charge in [-0.05, 0) is 30.4 Å². The van der Waals surface area contributed by atoms with Crippen molar-refractivity contribution in [2.45, 2.75) is 44.9 Å². The number of rotatable bonds is 3. The normalized spacial score (nSPS) is 20.4. The van der Waals surface area contributed by atoms with Gasteiger partial charge in [0.25, 0.3) is 11.7 Å². The van der Waals surface area contributed by atoms with Crippen molar-refractivity contribution in [2.75, 3.05) is 13.1 Å². The summed E-state index contributed by atoms with van der Waals surface area (Å²) in [5, 5.41) is 4.23. The summed E-state index contributed by atoms with van der Waals surface area (Å²) in [7, 11) is 0. The molecular weight excluding hydrogens is 338 g/mol. The van der Waals surface area contributed by atoms with Crippen LogP contribution in [0.4, 0.5) is 0 Å². The molecule has 27 heavy (non-hydrogen) atoms. The summed E-state index contributed by atoms with van der Waals surface area (Å²) in [6, 6.07) is 12.3. The van der Waals surface area contributed by atoms with E-state index in [1.54, 1.807) is 4.52 Å². The van der Waals surface area contributed by atoms with E-state index in [4.69, 9.17) is 0 Å². The molecule has 1 aromatic carbocycles. The summed E-state index contributed by atoms with van der Waals surface area (Å²) in [4.78, 5) is 23.9. The van der Waals surface area contributed by atoms with Crippen LogP contribution in [-0.2, 0) is 5.41 Å². The smallest absolute Gasteiger partial charge is 0.272 e. The average molecular weight is 363 g/mol. The summed E-state index contributed by atoms with van der Waals surface area (Å²) >= 11 is 0. The lowest BCUT2D eigenvalue weighted by molar-refractivity contribution is 0.0645. The van der Waals surface area contributed by atoms with Gasteiger partial charge in [-0.1, -0.05) is 51.1 Å². The van der Waals surface area contributed by atoms with Gasteiger partial charge in [0.1, 0.15) is 12.0 Å². The van der Waals surface area contributed by atoms with E-state index in [0.29, 0.717) is 18.0 Å². The second kappa shape index (κ2) is 6.76. The fourth-order valence-electron chi connectivity index (χ4n) is 4.01. The lowest BCUT2D eigenvalue weighted by atomic mass is 9.76. The topological polar surface area (TPSA) is 63.4 Å². The van der Waals surface area contributed by atoms with Crippen LogP contribution in [-0.4, -0.2) is 43.5 Å². The lowest BCUT2D eigenvalue weighted by Gasteiger charge is -2.41. The SMILES string of the molecule is CC(C)c1cc(C(=O)N2CCC[C@](C)(c3ccccc3)C2)nc2ncnn12. The monoisotopic (exact) mass is 363 g/mol. The van der Waals surface area contributed by atoms with E-state index in [-0.39, 0.29) is 17.2 Å². The minimum absolute atomic E-state index is 0.0238. The number of hydrogen-bond donors (Lipinski definition) is 0. The predicted molar refractivity (Wildman–Crippen MR) is 104 cm³/mol. The molecule has 0 spiro atoms. The van der Waals surface area contributed by atoms with E-state index >= 15 is 0 Å². The summed E-state index contributed by atoms with van der Waals surface area (Å²) in [5.74, 6) is 0.677. The first-order valence-corrected chi connectivity index (χ1v) is 9.53. The minimum Gasteiger partial charge on any atom is -0.336 e. The number of amides is 1. The van der Waals surface area contributed by atoms with E-state index in [2.05, 4.69) is 60.1 Å². The standard InChI is InChI=1S/C21H25N5O/c1-15(2)18-12-17(24-20-22-14-23-26(18)20)19(27)25-11-7-10-21(3,13-25)16-8-5-4-6-9-16/h4-6,8-9,12,14-15H,7,10-11,13H2,1-3H3/t21-/m0/s1. The van der Waals surface area contributed by atoms with Crippen LogP contribution in [0.5, 0.6) is 0 Å². The van der Waals surface area contributed by atoms with Crippen LogP contribution in [0.15, 0.2) is 42.7 Å². The molecule has 2 aromatic heterocycles. The van der Waals surface area contributed by atoms with Gasteiger partial charge in [-0.25, -0.2) is 9.50 Å². The lowest BCUT2D eigenvalue weighted by Crippen LogP contribution is -2.47. The second-order valence-corrected chi connectivity index (χ2v) is 7.95. The summed E-state index contributed by atoms with van der Waals surface area (Å²) in [6.45, 7) is 7.87. The Bertz CT molecular complexity index is 965. The number of aromatic nitrogens is 4. The molecule has 1 fully saturated rings. The summed E-state index contributed by atoms with van der Waals surface area (Å²) in [5.41, 5.74) is 2.65. The summed E-state index contributed by atoms with van der Waals surface area (Å²) < 4.78 is 1.71. The Morgan fingerprint density at radius 1 is 1.22 bits per heavy atom. The third kappa shape index (κ3) is 3.20. The molecule has 140 valence electrons. The number of carbonyl (C=O) groups excluding carboxylic acids is 1. The molecule has 0 bridgehead atoms. The quantitative estimate of drug-likeness (QED) is 0.715. The molecule has 0 saturated carbocycles. The molecule has 1 saturated heterocycles. The van der Waals surface area contributed by atoms with E-state index in [0.717, 1.165) is 25.1 Å². The molecule has 0 N–H and O–H groups in total. The highest BCUT2D eigenvalue weighted by molar-refractivity contribution is 5.93. The van der Waals surface area contributed by atoms with E-state index in [9.17, 15) is 4.79 Å². The van der Waals surface area contributed by atoms with Gasteiger partial charge in [0, 0.05) is 18.5 Å². The number of piperidine rings is 1. The molecule has 4 rings (SSSR count). The Morgan fingerprint density at radius 2 is 2.00 bits per heavy atom. The fourth-order valence-corrected chi connectivity index (χ4v) is 4.01. The molecule has 6 heteroatoms. The number of hydrogen-bond acceptors (Lipinski definition) is 4. The first kappa shape index (κ1) is 17.6. The fraction of sp³-hybridized carbons (Fsp3) is 0.429. The van der Waals surface area contributed by atoms with Crippen molar-refractivity contribution in [1.82, 2.24) is 24.5 Å². The van der Waals surface area contributed by atoms with Gasteiger partial charge in [-0.3, -0.25) is 4.79 Å². The molecule has 1 atom stereocenters.